The van der Waals surface area contributed by atoms with Gasteiger partial charge in [-0.25, -0.2) is 15.0 Å². The van der Waals surface area contributed by atoms with Gasteiger partial charge in [0.1, 0.15) is 24.3 Å². The highest BCUT2D eigenvalue weighted by atomic mass is 16.5. The predicted octanol–water partition coefficient (Wildman–Crippen LogP) is 0.964. The zero-order chi connectivity index (χ0) is 13.5. The predicted molar refractivity (Wildman–Crippen MR) is 67.5 cm³/mol. The quantitative estimate of drug-likeness (QED) is 0.838. The second kappa shape index (κ2) is 4.52. The molecule has 2 bridgehead atoms. The highest BCUT2D eigenvalue weighted by Gasteiger charge is 2.45. The summed E-state index contributed by atoms with van der Waals surface area (Å²) in [6, 6.07) is 0. The molecule has 2 aromatic heterocycles. The zero-order valence-corrected chi connectivity index (χ0v) is 10.8. The minimum absolute atomic E-state index is 0.0500. The van der Waals surface area contributed by atoms with Crippen LogP contribution in [0.15, 0.2) is 12.5 Å². The second-order valence-corrected chi connectivity index (χ2v) is 5.27. The first-order valence-corrected chi connectivity index (χ1v) is 6.76. The summed E-state index contributed by atoms with van der Waals surface area (Å²) < 4.78 is 11.0. The van der Waals surface area contributed by atoms with Crippen molar-refractivity contribution in [2.45, 2.75) is 38.1 Å². The molecule has 104 valence electrons. The third kappa shape index (κ3) is 1.94. The molecule has 2 aromatic rings. The molecule has 0 saturated carbocycles. The van der Waals surface area contributed by atoms with E-state index in [4.69, 9.17) is 9.47 Å². The fourth-order valence-electron chi connectivity index (χ4n) is 3.01. The lowest BCUT2D eigenvalue weighted by molar-refractivity contribution is -0.151. The van der Waals surface area contributed by atoms with Crippen LogP contribution in [0.2, 0.25) is 0 Å². The summed E-state index contributed by atoms with van der Waals surface area (Å²) in [5.74, 6) is 0.277. The molecule has 0 unspecified atom stereocenters. The first-order chi connectivity index (χ1) is 9.79. The molecule has 7 nitrogen and oxygen atoms in total. The number of hydrogen-bond acceptors (Lipinski definition) is 6. The van der Waals surface area contributed by atoms with Gasteiger partial charge in [-0.2, -0.15) is 0 Å². The van der Waals surface area contributed by atoms with Crippen LogP contribution in [0.4, 0.5) is 0 Å². The molecule has 0 aliphatic carbocycles. The molecule has 2 aliphatic heterocycles. The van der Waals surface area contributed by atoms with Crippen LogP contribution in [0, 0.1) is 5.92 Å². The average molecular weight is 274 g/mol. The largest absolute Gasteiger partial charge is 0.457 e. The SMILES string of the molecule is O=C(OCc1nc2ncncc2[nH]1)[C@@H]1C[C@H]2CC[C@@H]1O2. The number of rotatable bonds is 3. The molecule has 4 rings (SSSR count). The number of hydrogen-bond donors (Lipinski definition) is 1. The highest BCUT2D eigenvalue weighted by molar-refractivity contribution is 5.74. The van der Waals surface area contributed by atoms with E-state index in [2.05, 4.69) is 19.9 Å². The van der Waals surface area contributed by atoms with Gasteiger partial charge in [-0.05, 0) is 19.3 Å². The van der Waals surface area contributed by atoms with Crippen molar-refractivity contribution in [3.8, 4) is 0 Å². The Labute approximate surface area is 114 Å². The molecule has 3 atom stereocenters. The van der Waals surface area contributed by atoms with Gasteiger partial charge < -0.3 is 14.5 Å². The van der Waals surface area contributed by atoms with Gasteiger partial charge in [0.15, 0.2) is 5.65 Å². The number of carbonyl (C=O) groups excluding carboxylic acids is 1. The van der Waals surface area contributed by atoms with Gasteiger partial charge in [0.05, 0.1) is 24.3 Å². The number of nitrogens with zero attached hydrogens (tertiary/aromatic N) is 3. The van der Waals surface area contributed by atoms with E-state index in [1.807, 2.05) is 0 Å². The van der Waals surface area contributed by atoms with Crippen molar-refractivity contribution in [1.29, 1.82) is 0 Å². The van der Waals surface area contributed by atoms with Gasteiger partial charge in [-0.15, -0.1) is 0 Å². The third-order valence-corrected chi connectivity index (χ3v) is 3.97. The summed E-state index contributed by atoms with van der Waals surface area (Å²) in [6.07, 6.45) is 6.19. The number of nitrogens with one attached hydrogen (secondary N) is 1. The van der Waals surface area contributed by atoms with Gasteiger partial charge in [0, 0.05) is 0 Å². The summed E-state index contributed by atoms with van der Waals surface area (Å²) in [5.41, 5.74) is 1.32. The minimum atomic E-state index is -0.191. The van der Waals surface area contributed by atoms with Crippen LogP contribution in [0.5, 0.6) is 0 Å². The van der Waals surface area contributed by atoms with Crippen LogP contribution in [-0.4, -0.2) is 38.1 Å². The van der Waals surface area contributed by atoms with Crippen molar-refractivity contribution in [3.63, 3.8) is 0 Å². The van der Waals surface area contributed by atoms with Crippen molar-refractivity contribution in [2.24, 2.45) is 5.92 Å². The van der Waals surface area contributed by atoms with Gasteiger partial charge >= 0.3 is 5.97 Å². The molecule has 2 fully saturated rings. The minimum Gasteiger partial charge on any atom is -0.457 e. The maximum Gasteiger partial charge on any atom is 0.312 e. The molecular weight excluding hydrogens is 260 g/mol. The van der Waals surface area contributed by atoms with E-state index in [-0.39, 0.29) is 30.7 Å². The van der Waals surface area contributed by atoms with E-state index >= 15 is 0 Å². The molecule has 2 aliphatic rings. The van der Waals surface area contributed by atoms with Gasteiger partial charge in [0.25, 0.3) is 0 Å². The van der Waals surface area contributed by atoms with Crippen LogP contribution in [0.25, 0.3) is 11.2 Å². The molecule has 20 heavy (non-hydrogen) atoms. The second-order valence-electron chi connectivity index (χ2n) is 5.27. The molecule has 7 heteroatoms. The maximum absolute atomic E-state index is 12.1. The lowest BCUT2D eigenvalue weighted by Crippen LogP contribution is -2.27. The molecule has 0 amide bonds. The van der Waals surface area contributed by atoms with E-state index in [0.717, 1.165) is 24.8 Å². The number of aromatic nitrogens is 4. The number of ether oxygens (including phenoxy) is 2. The van der Waals surface area contributed by atoms with E-state index in [1.165, 1.54) is 6.33 Å². The molecule has 0 radical (unpaired) electrons. The van der Waals surface area contributed by atoms with E-state index in [1.54, 1.807) is 6.20 Å². The first kappa shape index (κ1) is 11.8. The Bertz CT molecular complexity index is 623. The number of aromatic amines is 1. The van der Waals surface area contributed by atoms with Crippen molar-refractivity contribution in [1.82, 2.24) is 19.9 Å². The monoisotopic (exact) mass is 274 g/mol. The molecular formula is C13H14N4O3. The van der Waals surface area contributed by atoms with Crippen LogP contribution in [0.1, 0.15) is 25.1 Å². The van der Waals surface area contributed by atoms with E-state index in [9.17, 15) is 4.79 Å². The van der Waals surface area contributed by atoms with Crippen molar-refractivity contribution >= 4 is 17.1 Å². The summed E-state index contributed by atoms with van der Waals surface area (Å²) in [7, 11) is 0. The molecule has 0 spiro atoms. The van der Waals surface area contributed by atoms with Crippen LogP contribution in [0.3, 0.4) is 0 Å². The summed E-state index contributed by atoms with van der Waals surface area (Å²) in [4.78, 5) is 27.3. The Morgan fingerprint density at radius 1 is 1.50 bits per heavy atom. The van der Waals surface area contributed by atoms with Gasteiger partial charge in [0.2, 0.25) is 0 Å². The Balaban J connectivity index is 1.41. The fraction of sp³-hybridized carbons (Fsp3) is 0.538. The lowest BCUT2D eigenvalue weighted by atomic mass is 9.89. The lowest BCUT2D eigenvalue weighted by Gasteiger charge is -2.16. The normalized spacial score (nSPS) is 28.1. The molecule has 2 saturated heterocycles. The Morgan fingerprint density at radius 2 is 2.45 bits per heavy atom. The topological polar surface area (TPSA) is 90.0 Å². The van der Waals surface area contributed by atoms with Gasteiger partial charge in [-0.1, -0.05) is 0 Å². The number of carbonyl (C=O) groups is 1. The van der Waals surface area contributed by atoms with Crippen LogP contribution in [-0.2, 0) is 20.9 Å². The fourth-order valence-corrected chi connectivity index (χ4v) is 3.01. The molecule has 0 aromatic carbocycles. The van der Waals surface area contributed by atoms with Crippen LogP contribution >= 0.6 is 0 Å². The van der Waals surface area contributed by atoms with Crippen molar-refractivity contribution < 1.29 is 14.3 Å². The zero-order valence-electron chi connectivity index (χ0n) is 10.8. The first-order valence-electron chi connectivity index (χ1n) is 6.76. The average Bonchev–Trinajstić information content (AvgIpc) is 3.18. The standard InChI is InChI=1S/C13H14N4O3/c18-13(8-3-7-1-2-10(8)20-7)19-5-11-16-9-4-14-6-15-12(9)17-11/h4,6-8,10H,1-3,5H2,(H,14,15,16,17)/t7-,8-,10+/m1/s1. The third-order valence-electron chi connectivity index (χ3n) is 3.97. The van der Waals surface area contributed by atoms with E-state index in [0.29, 0.717) is 11.5 Å². The number of fused-ring (bicyclic) bond motifs is 3. The van der Waals surface area contributed by atoms with Gasteiger partial charge in [-0.3, -0.25) is 4.79 Å². The summed E-state index contributed by atoms with van der Waals surface area (Å²) >= 11 is 0. The molecule has 1 N–H and O–H groups in total. The van der Waals surface area contributed by atoms with Crippen LogP contribution < -0.4 is 0 Å². The number of esters is 1. The molecule has 4 heterocycles. The Kier molecular flexibility index (Phi) is 2.66. The Hall–Kier alpha value is -2.02. The van der Waals surface area contributed by atoms with Crippen molar-refractivity contribution in [3.05, 3.63) is 18.3 Å². The summed E-state index contributed by atoms with van der Waals surface area (Å²) in [5, 5.41) is 0. The highest BCUT2D eigenvalue weighted by Crippen LogP contribution is 2.39. The van der Waals surface area contributed by atoms with E-state index < -0.39 is 0 Å². The Morgan fingerprint density at radius 3 is 3.20 bits per heavy atom. The maximum atomic E-state index is 12.1. The number of H-pyrrole nitrogens is 1. The summed E-state index contributed by atoms with van der Waals surface area (Å²) in [6.45, 7) is 0.128. The smallest absolute Gasteiger partial charge is 0.312 e. The van der Waals surface area contributed by atoms with Crippen molar-refractivity contribution in [2.75, 3.05) is 0 Å². The number of imidazole rings is 1.